The molecule has 0 bridgehead atoms. The van der Waals surface area contributed by atoms with Gasteiger partial charge in [0.05, 0.1) is 6.21 Å². The van der Waals surface area contributed by atoms with E-state index in [1.54, 1.807) is 24.4 Å². The second kappa shape index (κ2) is 6.95. The van der Waals surface area contributed by atoms with E-state index in [1.165, 1.54) is 18.6 Å². The third-order valence-corrected chi connectivity index (χ3v) is 1.86. The Bertz CT molecular complexity index is 472. The van der Waals surface area contributed by atoms with Crippen molar-refractivity contribution in [2.75, 3.05) is 0 Å². The molecule has 2 N–H and O–H groups in total. The maximum atomic E-state index is 9.04. The predicted molar refractivity (Wildman–Crippen MR) is 64.3 cm³/mol. The van der Waals surface area contributed by atoms with Crippen molar-refractivity contribution in [2.45, 2.75) is 6.92 Å². The summed E-state index contributed by atoms with van der Waals surface area (Å²) in [5, 5.41) is 19.9. The minimum Gasteiger partial charge on any atom is -0.507 e. The average Bonchev–Trinajstić information content (AvgIpc) is 2.34. The highest BCUT2D eigenvalue weighted by atomic mass is 16.4. The lowest BCUT2D eigenvalue weighted by Gasteiger charge is -1.93. The van der Waals surface area contributed by atoms with E-state index in [4.69, 9.17) is 10.3 Å². The fraction of sp³-hybridized carbons (Fsp3) is 0.0833. The normalized spacial score (nSPS) is 9.71. The molecule has 2 rings (SSSR count). The molecule has 0 saturated carbocycles. The van der Waals surface area contributed by atoms with Crippen LogP contribution in [0.5, 0.6) is 5.75 Å². The van der Waals surface area contributed by atoms with Crippen molar-refractivity contribution < 1.29 is 10.3 Å². The van der Waals surface area contributed by atoms with Crippen LogP contribution < -0.4 is 0 Å². The van der Waals surface area contributed by atoms with Gasteiger partial charge in [-0.15, -0.1) is 0 Å². The quantitative estimate of drug-likeness (QED) is 0.447. The Morgan fingerprint density at radius 2 is 2.00 bits per heavy atom. The van der Waals surface area contributed by atoms with Gasteiger partial charge in [0.2, 0.25) is 0 Å². The fourth-order valence-electron chi connectivity index (χ4n) is 1.02. The molecule has 2 aromatic rings. The van der Waals surface area contributed by atoms with Gasteiger partial charge in [0.1, 0.15) is 12.1 Å². The van der Waals surface area contributed by atoms with Gasteiger partial charge in [0.25, 0.3) is 0 Å². The molecular weight excluding hydrogens is 218 g/mol. The van der Waals surface area contributed by atoms with Gasteiger partial charge in [-0.3, -0.25) is 0 Å². The molecule has 1 aromatic heterocycles. The number of benzene rings is 1. The SMILES string of the molecule is Cc1ccncn1.ON=Cc1ccccc1O. The zero-order valence-corrected chi connectivity index (χ0v) is 9.35. The smallest absolute Gasteiger partial charge is 0.124 e. The summed E-state index contributed by atoms with van der Waals surface area (Å²) in [6.45, 7) is 1.93. The summed E-state index contributed by atoms with van der Waals surface area (Å²) in [7, 11) is 0. The lowest BCUT2D eigenvalue weighted by Crippen LogP contribution is -1.79. The summed E-state index contributed by atoms with van der Waals surface area (Å²) in [6.07, 6.45) is 4.44. The zero-order chi connectivity index (χ0) is 12.5. The first-order valence-electron chi connectivity index (χ1n) is 4.92. The molecule has 0 unspecified atom stereocenters. The largest absolute Gasteiger partial charge is 0.507 e. The number of oxime groups is 1. The topological polar surface area (TPSA) is 78.6 Å². The number of phenols is 1. The van der Waals surface area contributed by atoms with Crippen LogP contribution in [0.1, 0.15) is 11.3 Å². The fourth-order valence-corrected chi connectivity index (χ4v) is 1.02. The highest BCUT2D eigenvalue weighted by Crippen LogP contribution is 2.12. The third kappa shape index (κ3) is 4.74. The summed E-state index contributed by atoms with van der Waals surface area (Å²) in [5.74, 6) is 0.111. The van der Waals surface area contributed by atoms with Crippen LogP contribution in [-0.2, 0) is 0 Å². The molecule has 0 aliphatic rings. The van der Waals surface area contributed by atoms with Crippen molar-refractivity contribution in [3.05, 3.63) is 54.1 Å². The van der Waals surface area contributed by atoms with E-state index in [1.807, 2.05) is 13.0 Å². The molecule has 1 aromatic carbocycles. The Morgan fingerprint density at radius 1 is 1.24 bits per heavy atom. The van der Waals surface area contributed by atoms with Crippen LogP contribution >= 0.6 is 0 Å². The van der Waals surface area contributed by atoms with E-state index in [2.05, 4.69) is 15.1 Å². The predicted octanol–water partition coefficient (Wildman–Crippen LogP) is 1.99. The van der Waals surface area contributed by atoms with Gasteiger partial charge in [-0.05, 0) is 25.1 Å². The Kier molecular flexibility index (Phi) is 5.16. The first-order valence-corrected chi connectivity index (χ1v) is 4.92. The van der Waals surface area contributed by atoms with Crippen molar-refractivity contribution in [2.24, 2.45) is 5.16 Å². The maximum absolute atomic E-state index is 9.04. The molecule has 1 heterocycles. The number of nitrogens with zero attached hydrogens (tertiary/aromatic N) is 3. The Hall–Kier alpha value is -2.43. The van der Waals surface area contributed by atoms with Gasteiger partial charge >= 0.3 is 0 Å². The van der Waals surface area contributed by atoms with Crippen LogP contribution in [0.15, 0.2) is 48.0 Å². The Labute approximate surface area is 99.1 Å². The van der Waals surface area contributed by atoms with Gasteiger partial charge in [0, 0.05) is 17.5 Å². The summed E-state index contributed by atoms with van der Waals surface area (Å²) >= 11 is 0. The number of aryl methyl sites for hydroxylation is 1. The van der Waals surface area contributed by atoms with Gasteiger partial charge in [-0.25, -0.2) is 9.97 Å². The maximum Gasteiger partial charge on any atom is 0.124 e. The number of aromatic nitrogens is 2. The molecule has 0 saturated heterocycles. The van der Waals surface area contributed by atoms with Crippen molar-refractivity contribution in [3.8, 4) is 5.75 Å². The lowest BCUT2D eigenvalue weighted by molar-refractivity contribution is 0.321. The minimum absolute atomic E-state index is 0.111. The van der Waals surface area contributed by atoms with E-state index >= 15 is 0 Å². The first kappa shape index (κ1) is 12.6. The number of hydrogen-bond acceptors (Lipinski definition) is 5. The first-order chi connectivity index (χ1) is 8.24. The van der Waals surface area contributed by atoms with Gasteiger partial charge in [-0.2, -0.15) is 0 Å². The van der Waals surface area contributed by atoms with Crippen molar-refractivity contribution in [1.29, 1.82) is 0 Å². The van der Waals surface area contributed by atoms with Gasteiger partial charge in [0.15, 0.2) is 0 Å². The van der Waals surface area contributed by atoms with E-state index < -0.39 is 0 Å². The Balaban J connectivity index is 0.000000181. The van der Waals surface area contributed by atoms with Crippen LogP contribution in [0.4, 0.5) is 0 Å². The molecular formula is C12H13N3O2. The van der Waals surface area contributed by atoms with E-state index in [0.717, 1.165) is 5.69 Å². The standard InChI is InChI=1S/C7H7NO2.C5H6N2/c9-7-4-2-1-3-6(7)5-8-10;1-5-2-3-6-4-7-5/h1-5,9-10H;2-4H,1H3. The summed E-state index contributed by atoms with van der Waals surface area (Å²) in [6, 6.07) is 8.48. The van der Waals surface area contributed by atoms with Crippen LogP contribution in [0.25, 0.3) is 0 Å². The second-order valence-corrected chi connectivity index (χ2v) is 3.15. The van der Waals surface area contributed by atoms with Crippen molar-refractivity contribution >= 4 is 6.21 Å². The molecule has 5 nitrogen and oxygen atoms in total. The number of rotatable bonds is 1. The molecule has 88 valence electrons. The van der Waals surface area contributed by atoms with Crippen molar-refractivity contribution in [1.82, 2.24) is 9.97 Å². The average molecular weight is 231 g/mol. The number of hydrogen-bond donors (Lipinski definition) is 2. The number of aromatic hydroxyl groups is 1. The zero-order valence-electron chi connectivity index (χ0n) is 9.35. The van der Waals surface area contributed by atoms with Crippen LogP contribution in [0.2, 0.25) is 0 Å². The highest BCUT2D eigenvalue weighted by Gasteiger charge is 1.92. The molecule has 0 fully saturated rings. The molecule has 5 heteroatoms. The van der Waals surface area contributed by atoms with Crippen LogP contribution in [0.3, 0.4) is 0 Å². The summed E-state index contributed by atoms with van der Waals surface area (Å²) in [5.41, 5.74) is 1.51. The molecule has 0 radical (unpaired) electrons. The lowest BCUT2D eigenvalue weighted by atomic mass is 10.2. The van der Waals surface area contributed by atoms with Crippen LogP contribution in [-0.4, -0.2) is 26.5 Å². The van der Waals surface area contributed by atoms with E-state index in [9.17, 15) is 0 Å². The number of phenolic OH excluding ortho intramolecular Hbond substituents is 1. The van der Waals surface area contributed by atoms with Crippen LogP contribution in [0, 0.1) is 6.92 Å². The van der Waals surface area contributed by atoms with E-state index in [0.29, 0.717) is 5.56 Å². The number of para-hydroxylation sites is 1. The minimum atomic E-state index is 0.111. The molecule has 0 aliphatic heterocycles. The third-order valence-electron chi connectivity index (χ3n) is 1.86. The highest BCUT2D eigenvalue weighted by molar-refractivity contribution is 5.82. The van der Waals surface area contributed by atoms with Gasteiger partial charge in [-0.1, -0.05) is 17.3 Å². The summed E-state index contributed by atoms with van der Waals surface area (Å²) < 4.78 is 0. The second-order valence-electron chi connectivity index (χ2n) is 3.15. The summed E-state index contributed by atoms with van der Waals surface area (Å²) in [4.78, 5) is 7.60. The monoisotopic (exact) mass is 231 g/mol. The molecule has 0 spiro atoms. The molecule has 0 aliphatic carbocycles. The van der Waals surface area contributed by atoms with Gasteiger partial charge < -0.3 is 10.3 Å². The molecule has 0 atom stereocenters. The molecule has 17 heavy (non-hydrogen) atoms. The van der Waals surface area contributed by atoms with Crippen molar-refractivity contribution in [3.63, 3.8) is 0 Å². The Morgan fingerprint density at radius 3 is 2.47 bits per heavy atom. The van der Waals surface area contributed by atoms with E-state index in [-0.39, 0.29) is 5.75 Å². The molecule has 0 amide bonds.